The normalized spacial score (nSPS) is 20.7. The minimum atomic E-state index is 0.629. The van der Waals surface area contributed by atoms with Crippen molar-refractivity contribution in [2.75, 3.05) is 6.54 Å². The Morgan fingerprint density at radius 2 is 2.38 bits per heavy atom. The van der Waals surface area contributed by atoms with Gasteiger partial charge in [-0.25, -0.2) is 0 Å². The average Bonchev–Trinajstić information content (AvgIpc) is 2.90. The van der Waals surface area contributed by atoms with Gasteiger partial charge in [-0.1, -0.05) is 18.2 Å². The molecule has 0 saturated carbocycles. The van der Waals surface area contributed by atoms with E-state index in [4.69, 9.17) is 0 Å². The molecule has 84 valence electrons. The van der Waals surface area contributed by atoms with Crippen LogP contribution in [0.1, 0.15) is 24.1 Å². The highest BCUT2D eigenvalue weighted by molar-refractivity contribution is 5.84. The van der Waals surface area contributed by atoms with E-state index in [1.54, 1.807) is 0 Å². The second-order valence-electron chi connectivity index (χ2n) is 4.67. The second-order valence-corrected chi connectivity index (χ2v) is 4.67. The Labute approximate surface area is 95.2 Å². The molecule has 1 unspecified atom stereocenters. The highest BCUT2D eigenvalue weighted by Gasteiger charge is 2.17. The van der Waals surface area contributed by atoms with E-state index >= 15 is 0 Å². The number of para-hydroxylation sites is 1. The quantitative estimate of drug-likeness (QED) is 0.806. The maximum Gasteiger partial charge on any atom is 0.0952 e. The first kappa shape index (κ1) is 9.85. The zero-order valence-electron chi connectivity index (χ0n) is 9.59. The smallest absolute Gasteiger partial charge is 0.0952 e. The highest BCUT2D eigenvalue weighted by Crippen LogP contribution is 2.21. The molecule has 3 nitrogen and oxygen atoms in total. The van der Waals surface area contributed by atoms with Crippen molar-refractivity contribution in [3.63, 3.8) is 0 Å². The van der Waals surface area contributed by atoms with Crippen LogP contribution in [0.25, 0.3) is 10.9 Å². The van der Waals surface area contributed by atoms with E-state index in [1.165, 1.54) is 29.5 Å². The van der Waals surface area contributed by atoms with Crippen molar-refractivity contribution in [1.82, 2.24) is 15.5 Å². The average molecular weight is 215 g/mol. The van der Waals surface area contributed by atoms with Crippen LogP contribution in [0.15, 0.2) is 18.2 Å². The summed E-state index contributed by atoms with van der Waals surface area (Å²) in [4.78, 5) is 0. The first-order valence-electron chi connectivity index (χ1n) is 6.00. The molecule has 1 aromatic carbocycles. The number of aromatic amines is 1. The Morgan fingerprint density at radius 1 is 1.44 bits per heavy atom. The van der Waals surface area contributed by atoms with Crippen molar-refractivity contribution in [3.05, 3.63) is 29.5 Å². The zero-order valence-corrected chi connectivity index (χ0v) is 9.59. The Bertz CT molecular complexity index is 495. The van der Waals surface area contributed by atoms with Crippen molar-refractivity contribution >= 4 is 10.9 Å². The molecule has 2 aromatic rings. The van der Waals surface area contributed by atoms with Gasteiger partial charge in [-0.3, -0.25) is 5.10 Å². The van der Waals surface area contributed by atoms with E-state index in [0.717, 1.165) is 18.5 Å². The van der Waals surface area contributed by atoms with Crippen LogP contribution in [0.4, 0.5) is 0 Å². The summed E-state index contributed by atoms with van der Waals surface area (Å²) in [6.45, 7) is 3.27. The van der Waals surface area contributed by atoms with E-state index in [0.29, 0.717) is 6.04 Å². The van der Waals surface area contributed by atoms with Crippen LogP contribution in [-0.4, -0.2) is 22.8 Å². The van der Waals surface area contributed by atoms with E-state index in [1.807, 2.05) is 0 Å². The maximum atomic E-state index is 4.41. The molecule has 1 saturated heterocycles. The largest absolute Gasteiger partial charge is 0.314 e. The van der Waals surface area contributed by atoms with Crippen LogP contribution in [-0.2, 0) is 6.42 Å². The van der Waals surface area contributed by atoms with Crippen molar-refractivity contribution < 1.29 is 0 Å². The minimum absolute atomic E-state index is 0.629. The third-order valence-corrected chi connectivity index (χ3v) is 3.48. The SMILES string of the molecule is Cc1cccc2c(CC3CCCN3)[nH]nc12. The fraction of sp³-hybridized carbons (Fsp3) is 0.462. The Balaban J connectivity index is 1.94. The van der Waals surface area contributed by atoms with Gasteiger partial charge in [-0.2, -0.15) is 5.10 Å². The molecule has 1 atom stereocenters. The number of nitrogens with one attached hydrogen (secondary N) is 2. The Hall–Kier alpha value is -1.35. The molecule has 0 spiro atoms. The summed E-state index contributed by atoms with van der Waals surface area (Å²) in [5, 5.41) is 12.4. The zero-order chi connectivity index (χ0) is 11.0. The molecule has 1 aliphatic heterocycles. The highest BCUT2D eigenvalue weighted by atomic mass is 15.1. The van der Waals surface area contributed by atoms with E-state index in [-0.39, 0.29) is 0 Å². The third-order valence-electron chi connectivity index (χ3n) is 3.48. The molecule has 0 aliphatic carbocycles. The summed E-state index contributed by atoms with van der Waals surface area (Å²) in [5.74, 6) is 0. The van der Waals surface area contributed by atoms with Crippen molar-refractivity contribution in [2.24, 2.45) is 0 Å². The van der Waals surface area contributed by atoms with Crippen LogP contribution in [0.2, 0.25) is 0 Å². The number of aryl methyl sites for hydroxylation is 1. The molecule has 3 heteroatoms. The molecule has 3 rings (SSSR count). The van der Waals surface area contributed by atoms with E-state index in [2.05, 4.69) is 40.6 Å². The van der Waals surface area contributed by atoms with Gasteiger partial charge in [0.15, 0.2) is 0 Å². The van der Waals surface area contributed by atoms with Crippen LogP contribution in [0.3, 0.4) is 0 Å². The third kappa shape index (κ3) is 1.61. The Morgan fingerprint density at radius 3 is 3.19 bits per heavy atom. The molecule has 2 heterocycles. The van der Waals surface area contributed by atoms with Gasteiger partial charge in [0, 0.05) is 23.5 Å². The number of fused-ring (bicyclic) bond motifs is 1. The lowest BCUT2D eigenvalue weighted by molar-refractivity contribution is 0.596. The van der Waals surface area contributed by atoms with Crippen molar-refractivity contribution in [2.45, 2.75) is 32.2 Å². The monoisotopic (exact) mass is 215 g/mol. The summed E-state index contributed by atoms with van der Waals surface area (Å²) in [5.41, 5.74) is 3.65. The number of nitrogens with zero attached hydrogens (tertiary/aromatic N) is 1. The van der Waals surface area contributed by atoms with Gasteiger partial charge in [-0.05, 0) is 31.9 Å². The van der Waals surface area contributed by atoms with Gasteiger partial charge in [0.1, 0.15) is 0 Å². The topological polar surface area (TPSA) is 40.7 Å². The van der Waals surface area contributed by atoms with Crippen LogP contribution in [0.5, 0.6) is 0 Å². The molecule has 1 fully saturated rings. The molecule has 1 aromatic heterocycles. The van der Waals surface area contributed by atoms with Crippen LogP contribution in [0, 0.1) is 6.92 Å². The summed E-state index contributed by atoms with van der Waals surface area (Å²) in [6.07, 6.45) is 3.65. The number of hydrogen-bond acceptors (Lipinski definition) is 2. The molecular weight excluding hydrogens is 198 g/mol. The number of aromatic nitrogens is 2. The summed E-state index contributed by atoms with van der Waals surface area (Å²) >= 11 is 0. The first-order valence-corrected chi connectivity index (χ1v) is 6.00. The van der Waals surface area contributed by atoms with E-state index in [9.17, 15) is 0 Å². The van der Waals surface area contributed by atoms with Gasteiger partial charge in [0.2, 0.25) is 0 Å². The fourth-order valence-electron chi connectivity index (χ4n) is 2.57. The van der Waals surface area contributed by atoms with Gasteiger partial charge in [0.05, 0.1) is 5.52 Å². The predicted octanol–water partition coefficient (Wildman–Crippen LogP) is 2.17. The summed E-state index contributed by atoms with van der Waals surface area (Å²) in [7, 11) is 0. The van der Waals surface area contributed by atoms with Gasteiger partial charge < -0.3 is 5.32 Å². The second kappa shape index (κ2) is 3.91. The first-order chi connectivity index (χ1) is 7.84. The van der Waals surface area contributed by atoms with Gasteiger partial charge >= 0.3 is 0 Å². The standard InChI is InChI=1S/C13H17N3/c1-9-4-2-6-11-12(15-16-13(9)11)8-10-5-3-7-14-10/h2,4,6,10,14H,3,5,7-8H2,1H3,(H,15,16). The number of hydrogen-bond donors (Lipinski definition) is 2. The lowest BCUT2D eigenvalue weighted by atomic mass is 10.1. The molecular formula is C13H17N3. The lowest BCUT2D eigenvalue weighted by Crippen LogP contribution is -2.23. The van der Waals surface area contributed by atoms with Gasteiger partial charge in [-0.15, -0.1) is 0 Å². The summed E-state index contributed by atoms with van der Waals surface area (Å²) in [6, 6.07) is 7.01. The van der Waals surface area contributed by atoms with Crippen molar-refractivity contribution in [1.29, 1.82) is 0 Å². The van der Waals surface area contributed by atoms with E-state index < -0.39 is 0 Å². The molecule has 1 aliphatic rings. The molecule has 0 bridgehead atoms. The number of rotatable bonds is 2. The number of H-pyrrole nitrogens is 1. The van der Waals surface area contributed by atoms with Crippen LogP contribution >= 0.6 is 0 Å². The molecule has 0 radical (unpaired) electrons. The Kier molecular flexibility index (Phi) is 2.40. The fourth-order valence-corrected chi connectivity index (χ4v) is 2.57. The maximum absolute atomic E-state index is 4.41. The minimum Gasteiger partial charge on any atom is -0.314 e. The lowest BCUT2D eigenvalue weighted by Gasteiger charge is -2.08. The predicted molar refractivity (Wildman–Crippen MR) is 65.6 cm³/mol. The molecule has 0 amide bonds. The van der Waals surface area contributed by atoms with Crippen LogP contribution < -0.4 is 5.32 Å². The number of benzene rings is 1. The molecule has 16 heavy (non-hydrogen) atoms. The summed E-state index contributed by atoms with van der Waals surface area (Å²) < 4.78 is 0. The molecule has 2 N–H and O–H groups in total. The van der Waals surface area contributed by atoms with Gasteiger partial charge in [0.25, 0.3) is 0 Å². The van der Waals surface area contributed by atoms with Crippen molar-refractivity contribution in [3.8, 4) is 0 Å².